The maximum absolute atomic E-state index is 10.6. The quantitative estimate of drug-likeness (QED) is 0.616. The van der Waals surface area contributed by atoms with Gasteiger partial charge in [0, 0.05) is 0 Å². The van der Waals surface area contributed by atoms with Gasteiger partial charge in [0.25, 0.3) is 0 Å². The van der Waals surface area contributed by atoms with E-state index in [1.165, 1.54) is 5.56 Å². The molecule has 0 bridgehead atoms. The molecule has 0 N–H and O–H groups in total. The molecule has 1 aromatic carbocycles. The third-order valence-electron chi connectivity index (χ3n) is 2.58. The summed E-state index contributed by atoms with van der Waals surface area (Å²) in [4.78, 5) is 10.6. The van der Waals surface area contributed by atoms with E-state index in [2.05, 4.69) is 11.4 Å². The molecule has 3 heteroatoms. The standard InChI is InChI=1S/C10H12N2O/c1-8-6-7-9-4-2-3-5-10(9)12(8)11-13/h2-5,8H,6-7H2,1H3. The van der Waals surface area contributed by atoms with Crippen LogP contribution in [0.15, 0.2) is 29.6 Å². The van der Waals surface area contributed by atoms with E-state index in [9.17, 15) is 4.91 Å². The van der Waals surface area contributed by atoms with Crippen LogP contribution in [0.1, 0.15) is 18.9 Å². The molecule has 3 nitrogen and oxygen atoms in total. The first-order valence-electron chi connectivity index (χ1n) is 4.53. The Hall–Kier alpha value is -1.38. The fourth-order valence-electron chi connectivity index (χ4n) is 1.79. The fraction of sp³-hybridized carbons (Fsp3) is 0.400. The minimum Gasteiger partial charge on any atom is -0.226 e. The first kappa shape index (κ1) is 8.23. The Morgan fingerprint density at radius 1 is 1.46 bits per heavy atom. The van der Waals surface area contributed by atoms with Gasteiger partial charge in [0.15, 0.2) is 0 Å². The smallest absolute Gasteiger partial charge is 0.0661 e. The first-order valence-corrected chi connectivity index (χ1v) is 4.53. The Kier molecular flexibility index (Phi) is 2.00. The van der Waals surface area contributed by atoms with Crippen LogP contribution < -0.4 is 5.01 Å². The van der Waals surface area contributed by atoms with Crippen molar-refractivity contribution in [2.45, 2.75) is 25.8 Å². The molecule has 0 amide bonds. The Morgan fingerprint density at radius 3 is 3.00 bits per heavy atom. The second kappa shape index (κ2) is 3.17. The topological polar surface area (TPSA) is 32.7 Å². The van der Waals surface area contributed by atoms with Crippen molar-refractivity contribution in [2.75, 3.05) is 5.01 Å². The lowest BCUT2D eigenvalue weighted by Crippen LogP contribution is -2.32. The van der Waals surface area contributed by atoms with Crippen LogP contribution in [-0.2, 0) is 6.42 Å². The Bertz CT molecular complexity index is 324. The van der Waals surface area contributed by atoms with Crippen molar-refractivity contribution in [2.24, 2.45) is 5.29 Å². The minimum absolute atomic E-state index is 0.229. The average molecular weight is 176 g/mol. The normalized spacial score (nSPS) is 21.0. The Morgan fingerprint density at radius 2 is 2.23 bits per heavy atom. The number of fused-ring (bicyclic) bond motifs is 1. The molecule has 1 aliphatic heterocycles. The van der Waals surface area contributed by atoms with E-state index in [0.717, 1.165) is 18.5 Å². The number of nitrogens with zero attached hydrogens (tertiary/aromatic N) is 2. The lowest BCUT2D eigenvalue weighted by molar-refractivity contribution is 0.573. The third-order valence-corrected chi connectivity index (χ3v) is 2.58. The molecule has 0 saturated carbocycles. The lowest BCUT2D eigenvalue weighted by Gasteiger charge is -2.29. The number of aryl methyl sites for hydroxylation is 1. The van der Waals surface area contributed by atoms with Crippen molar-refractivity contribution >= 4 is 5.69 Å². The number of para-hydroxylation sites is 1. The van der Waals surface area contributed by atoms with Crippen LogP contribution in [0.25, 0.3) is 0 Å². The van der Waals surface area contributed by atoms with E-state index in [-0.39, 0.29) is 6.04 Å². The van der Waals surface area contributed by atoms with Crippen molar-refractivity contribution in [1.82, 2.24) is 0 Å². The van der Waals surface area contributed by atoms with Crippen molar-refractivity contribution in [3.63, 3.8) is 0 Å². The van der Waals surface area contributed by atoms with Gasteiger partial charge in [-0.25, -0.2) is 5.01 Å². The number of rotatable bonds is 1. The molecular weight excluding hydrogens is 164 g/mol. The predicted octanol–water partition coefficient (Wildman–Crippen LogP) is 2.51. The largest absolute Gasteiger partial charge is 0.226 e. The molecule has 68 valence electrons. The van der Waals surface area contributed by atoms with Gasteiger partial charge in [0.2, 0.25) is 0 Å². The zero-order chi connectivity index (χ0) is 9.26. The SMILES string of the molecule is CC1CCc2ccccc2N1N=O. The number of hydrogen-bond acceptors (Lipinski definition) is 2. The van der Waals surface area contributed by atoms with E-state index in [1.807, 2.05) is 25.1 Å². The highest BCUT2D eigenvalue weighted by Gasteiger charge is 2.22. The van der Waals surface area contributed by atoms with Gasteiger partial charge < -0.3 is 0 Å². The summed E-state index contributed by atoms with van der Waals surface area (Å²) in [6.45, 7) is 2.03. The van der Waals surface area contributed by atoms with Crippen molar-refractivity contribution in [3.05, 3.63) is 34.7 Å². The highest BCUT2D eigenvalue weighted by Crippen LogP contribution is 2.30. The fourth-order valence-corrected chi connectivity index (χ4v) is 1.79. The van der Waals surface area contributed by atoms with E-state index >= 15 is 0 Å². The van der Waals surface area contributed by atoms with Crippen LogP contribution >= 0.6 is 0 Å². The summed E-state index contributed by atoms with van der Waals surface area (Å²) in [5, 5.41) is 4.62. The zero-order valence-corrected chi connectivity index (χ0v) is 7.60. The van der Waals surface area contributed by atoms with Crippen LogP contribution in [-0.4, -0.2) is 6.04 Å². The summed E-state index contributed by atoms with van der Waals surface area (Å²) in [6.07, 6.45) is 2.05. The minimum atomic E-state index is 0.229. The summed E-state index contributed by atoms with van der Waals surface area (Å²) < 4.78 is 0. The summed E-state index contributed by atoms with van der Waals surface area (Å²) in [6, 6.07) is 8.17. The van der Waals surface area contributed by atoms with Gasteiger partial charge in [-0.3, -0.25) is 0 Å². The predicted molar refractivity (Wildman–Crippen MR) is 52.5 cm³/mol. The van der Waals surface area contributed by atoms with E-state index in [1.54, 1.807) is 5.01 Å². The molecule has 0 fully saturated rings. The van der Waals surface area contributed by atoms with Crippen LogP contribution in [0.2, 0.25) is 0 Å². The number of nitroso groups, excluding NO2 is 1. The van der Waals surface area contributed by atoms with Gasteiger partial charge in [-0.15, -0.1) is 4.91 Å². The molecule has 1 heterocycles. The molecule has 1 aliphatic rings. The molecule has 0 aliphatic carbocycles. The number of anilines is 1. The third kappa shape index (κ3) is 1.30. The van der Waals surface area contributed by atoms with E-state index < -0.39 is 0 Å². The van der Waals surface area contributed by atoms with E-state index in [0.29, 0.717) is 0 Å². The number of benzene rings is 1. The molecule has 1 atom stereocenters. The van der Waals surface area contributed by atoms with Gasteiger partial charge in [0.1, 0.15) is 0 Å². The van der Waals surface area contributed by atoms with Gasteiger partial charge in [-0.05, 0) is 31.4 Å². The highest BCUT2D eigenvalue weighted by molar-refractivity contribution is 5.55. The van der Waals surface area contributed by atoms with Crippen LogP contribution in [0.4, 0.5) is 5.69 Å². The maximum atomic E-state index is 10.6. The van der Waals surface area contributed by atoms with Gasteiger partial charge in [-0.1, -0.05) is 18.2 Å². The summed E-state index contributed by atoms with van der Waals surface area (Å²) >= 11 is 0. The second-order valence-electron chi connectivity index (χ2n) is 3.44. The van der Waals surface area contributed by atoms with Crippen LogP contribution in [0.3, 0.4) is 0 Å². The maximum Gasteiger partial charge on any atom is 0.0661 e. The summed E-state index contributed by atoms with van der Waals surface area (Å²) in [7, 11) is 0. The monoisotopic (exact) mass is 176 g/mol. The van der Waals surface area contributed by atoms with Gasteiger partial charge in [0.05, 0.1) is 17.0 Å². The first-order chi connectivity index (χ1) is 6.33. The molecule has 0 radical (unpaired) electrons. The molecule has 0 aromatic heterocycles. The lowest BCUT2D eigenvalue weighted by atomic mass is 9.98. The molecule has 13 heavy (non-hydrogen) atoms. The van der Waals surface area contributed by atoms with Gasteiger partial charge in [-0.2, -0.15) is 0 Å². The molecular formula is C10H12N2O. The molecule has 2 rings (SSSR count). The Balaban J connectivity index is 2.45. The summed E-state index contributed by atoms with van der Waals surface area (Å²) in [5.41, 5.74) is 2.19. The molecule has 1 unspecified atom stereocenters. The van der Waals surface area contributed by atoms with Crippen molar-refractivity contribution in [1.29, 1.82) is 0 Å². The Labute approximate surface area is 77.3 Å². The average Bonchev–Trinajstić information content (AvgIpc) is 2.18. The molecule has 0 spiro atoms. The number of hydrogen-bond donors (Lipinski definition) is 0. The van der Waals surface area contributed by atoms with E-state index in [4.69, 9.17) is 0 Å². The van der Waals surface area contributed by atoms with Crippen LogP contribution in [0.5, 0.6) is 0 Å². The summed E-state index contributed by atoms with van der Waals surface area (Å²) in [5.74, 6) is 0. The van der Waals surface area contributed by atoms with Crippen molar-refractivity contribution in [3.8, 4) is 0 Å². The van der Waals surface area contributed by atoms with Gasteiger partial charge >= 0.3 is 0 Å². The highest BCUT2D eigenvalue weighted by atomic mass is 16.3. The molecule has 1 aromatic rings. The zero-order valence-electron chi connectivity index (χ0n) is 7.60. The van der Waals surface area contributed by atoms with Crippen molar-refractivity contribution < 1.29 is 0 Å². The molecule has 0 saturated heterocycles. The van der Waals surface area contributed by atoms with Crippen LogP contribution in [0, 0.1) is 4.91 Å². The second-order valence-corrected chi connectivity index (χ2v) is 3.44.